The number of carbonyl (C=O) groups excluding carboxylic acids is 2. The van der Waals surface area contributed by atoms with Crippen LogP contribution in [0.25, 0.3) is 0 Å². The van der Waals surface area contributed by atoms with Gasteiger partial charge in [0.05, 0.1) is 10.6 Å². The van der Waals surface area contributed by atoms with E-state index in [4.69, 9.17) is 16.1 Å². The van der Waals surface area contributed by atoms with Crippen LogP contribution in [0.15, 0.2) is 45.9 Å². The fourth-order valence-electron chi connectivity index (χ4n) is 5.19. The molecule has 2 aliphatic carbocycles. The number of pyridine rings is 1. The van der Waals surface area contributed by atoms with E-state index in [1.54, 1.807) is 18.2 Å². The molecule has 41 heavy (non-hydrogen) atoms. The average Bonchev–Trinajstić information content (AvgIpc) is 3.88. The van der Waals surface area contributed by atoms with Gasteiger partial charge in [-0.1, -0.05) is 22.8 Å². The minimum absolute atomic E-state index is 0.00839. The minimum atomic E-state index is -3.54. The highest BCUT2D eigenvalue weighted by molar-refractivity contribution is 7.90. The van der Waals surface area contributed by atoms with E-state index in [1.807, 2.05) is 4.90 Å². The van der Waals surface area contributed by atoms with Crippen LogP contribution in [0.2, 0.25) is 5.02 Å². The lowest BCUT2D eigenvalue weighted by molar-refractivity contribution is -0.123. The van der Waals surface area contributed by atoms with Gasteiger partial charge in [-0.25, -0.2) is 13.4 Å². The molecule has 11 nitrogen and oxygen atoms in total. The van der Waals surface area contributed by atoms with E-state index in [2.05, 4.69) is 25.8 Å². The number of benzene rings is 1. The molecule has 0 unspecified atom stereocenters. The van der Waals surface area contributed by atoms with Crippen molar-refractivity contribution in [2.24, 2.45) is 5.92 Å². The van der Waals surface area contributed by atoms with Gasteiger partial charge >= 0.3 is 0 Å². The number of hydrogen-bond acceptors (Lipinski definition) is 9. The Morgan fingerprint density at radius 2 is 1.90 bits per heavy atom. The molecule has 2 N–H and O–H groups in total. The highest BCUT2D eigenvalue weighted by atomic mass is 35.5. The molecule has 2 amide bonds. The fraction of sp³-hybridized carbons (Fsp3) is 0.464. The zero-order valence-corrected chi connectivity index (χ0v) is 24.2. The summed E-state index contributed by atoms with van der Waals surface area (Å²) < 4.78 is 29.8. The Hall–Kier alpha value is -3.51. The van der Waals surface area contributed by atoms with Crippen molar-refractivity contribution in [3.8, 4) is 0 Å². The Kier molecular flexibility index (Phi) is 7.23. The Morgan fingerprint density at radius 1 is 1.15 bits per heavy atom. The van der Waals surface area contributed by atoms with Crippen molar-refractivity contribution >= 4 is 44.8 Å². The van der Waals surface area contributed by atoms with Gasteiger partial charge < -0.3 is 20.1 Å². The predicted octanol–water partition coefficient (Wildman–Crippen LogP) is 4.06. The van der Waals surface area contributed by atoms with Gasteiger partial charge in [0, 0.05) is 48.5 Å². The molecular formula is C28H31ClN6O5S. The molecule has 0 spiro atoms. The van der Waals surface area contributed by atoms with Crippen molar-refractivity contribution < 1.29 is 22.5 Å². The predicted molar refractivity (Wildman–Crippen MR) is 152 cm³/mol. The lowest BCUT2D eigenvalue weighted by Gasteiger charge is -2.34. The third-order valence-corrected chi connectivity index (χ3v) is 9.23. The first-order chi connectivity index (χ1) is 19.6. The molecule has 2 saturated carbocycles. The molecule has 13 heteroatoms. The highest BCUT2D eigenvalue weighted by Gasteiger charge is 2.50. The largest absolute Gasteiger partial charge is 0.355 e. The molecule has 0 bridgehead atoms. The normalized spacial score (nSPS) is 18.6. The van der Waals surface area contributed by atoms with Crippen LogP contribution in [0, 0.1) is 5.92 Å². The van der Waals surface area contributed by atoms with Gasteiger partial charge in [-0.3, -0.25) is 9.59 Å². The number of carbonyl (C=O) groups is 2. The molecule has 6 rings (SSSR count). The van der Waals surface area contributed by atoms with Crippen molar-refractivity contribution in [3.63, 3.8) is 0 Å². The molecule has 1 aliphatic heterocycles. The lowest BCUT2D eigenvalue weighted by atomic mass is 9.93. The Bertz CT molecular complexity index is 1590. The molecule has 0 radical (unpaired) electrons. The van der Waals surface area contributed by atoms with E-state index in [-0.39, 0.29) is 16.7 Å². The summed E-state index contributed by atoms with van der Waals surface area (Å²) in [6, 6.07) is 7.93. The molecule has 1 saturated heterocycles. The zero-order chi connectivity index (χ0) is 28.8. The number of rotatable bonds is 9. The number of nitrogens with one attached hydrogen (secondary N) is 2. The van der Waals surface area contributed by atoms with Crippen molar-refractivity contribution in [1.82, 2.24) is 20.4 Å². The molecule has 1 aromatic carbocycles. The minimum Gasteiger partial charge on any atom is -0.355 e. The molecule has 0 atom stereocenters. The Balaban J connectivity index is 1.10. The van der Waals surface area contributed by atoms with Gasteiger partial charge in [0.15, 0.2) is 21.5 Å². The number of sulfone groups is 1. The lowest BCUT2D eigenvalue weighted by Crippen LogP contribution is -2.39. The summed E-state index contributed by atoms with van der Waals surface area (Å²) in [5, 5.41) is 10.5. The molecule has 3 aliphatic rings. The third kappa shape index (κ3) is 6.23. The van der Waals surface area contributed by atoms with Crippen molar-refractivity contribution in [2.45, 2.75) is 61.3 Å². The van der Waals surface area contributed by atoms with Crippen LogP contribution in [0.1, 0.15) is 72.9 Å². The van der Waals surface area contributed by atoms with Gasteiger partial charge in [0.1, 0.15) is 5.54 Å². The van der Waals surface area contributed by atoms with Crippen LogP contribution in [0.4, 0.5) is 11.5 Å². The summed E-state index contributed by atoms with van der Waals surface area (Å²) in [7, 11) is -3.54. The first-order valence-electron chi connectivity index (χ1n) is 13.8. The number of hydrogen-bond donors (Lipinski definition) is 2. The number of aromatic nitrogens is 3. The van der Waals surface area contributed by atoms with E-state index in [0.717, 1.165) is 44.8 Å². The van der Waals surface area contributed by atoms with Gasteiger partial charge in [-0.15, -0.1) is 0 Å². The molecule has 3 fully saturated rings. The standard InChI is InChI=1S/C28H31ClN6O5S/c1-41(38,39)21-15-22(31-25(37)19-3-2-4-20(29)14-19)24(30-16-21)35-11-7-17(8-12-35)13-23(36)33-28(9-10-28)27-32-26(40-34-27)18-5-6-18/h2-4,14-18H,5-13H2,1H3,(H,31,37)(H,33,36). The van der Waals surface area contributed by atoms with E-state index < -0.39 is 21.3 Å². The molecule has 2 aromatic heterocycles. The van der Waals surface area contributed by atoms with Crippen LogP contribution in [-0.2, 0) is 20.2 Å². The Morgan fingerprint density at radius 3 is 2.56 bits per heavy atom. The number of amides is 2. The Labute approximate surface area is 243 Å². The summed E-state index contributed by atoms with van der Waals surface area (Å²) in [5.41, 5.74) is 0.141. The number of piperidine rings is 1. The number of halogens is 1. The first kappa shape index (κ1) is 27.6. The summed E-state index contributed by atoms with van der Waals surface area (Å²) in [5.74, 6) is 1.84. The van der Waals surface area contributed by atoms with E-state index in [9.17, 15) is 18.0 Å². The van der Waals surface area contributed by atoms with Crippen molar-refractivity contribution in [2.75, 3.05) is 29.6 Å². The van der Waals surface area contributed by atoms with Crippen LogP contribution in [0.3, 0.4) is 0 Å². The highest BCUT2D eigenvalue weighted by Crippen LogP contribution is 2.46. The zero-order valence-electron chi connectivity index (χ0n) is 22.6. The second-order valence-corrected chi connectivity index (χ2v) is 13.7. The monoisotopic (exact) mass is 598 g/mol. The molecular weight excluding hydrogens is 568 g/mol. The van der Waals surface area contributed by atoms with Gasteiger partial charge in [0.2, 0.25) is 11.8 Å². The van der Waals surface area contributed by atoms with Crippen LogP contribution < -0.4 is 15.5 Å². The van der Waals surface area contributed by atoms with Gasteiger partial charge in [-0.2, -0.15) is 4.98 Å². The van der Waals surface area contributed by atoms with Crippen molar-refractivity contribution in [1.29, 1.82) is 0 Å². The third-order valence-electron chi connectivity index (χ3n) is 7.92. The van der Waals surface area contributed by atoms with Crippen LogP contribution in [-0.4, -0.2) is 54.7 Å². The molecule has 3 aromatic rings. The summed E-state index contributed by atoms with van der Waals surface area (Å²) in [6.45, 7) is 1.20. The topological polar surface area (TPSA) is 147 Å². The summed E-state index contributed by atoms with van der Waals surface area (Å²) in [4.78, 5) is 36.9. The van der Waals surface area contributed by atoms with E-state index in [1.165, 1.54) is 18.3 Å². The maximum absolute atomic E-state index is 13.0. The van der Waals surface area contributed by atoms with Crippen LogP contribution in [0.5, 0.6) is 0 Å². The van der Waals surface area contributed by atoms with Gasteiger partial charge in [-0.05, 0) is 68.7 Å². The van der Waals surface area contributed by atoms with E-state index >= 15 is 0 Å². The summed E-state index contributed by atoms with van der Waals surface area (Å²) in [6.07, 6.45) is 8.04. The maximum atomic E-state index is 13.0. The smallest absolute Gasteiger partial charge is 0.255 e. The van der Waals surface area contributed by atoms with E-state index in [0.29, 0.717) is 59.2 Å². The first-order valence-corrected chi connectivity index (χ1v) is 16.0. The summed E-state index contributed by atoms with van der Waals surface area (Å²) >= 11 is 6.05. The maximum Gasteiger partial charge on any atom is 0.255 e. The van der Waals surface area contributed by atoms with Crippen LogP contribution >= 0.6 is 11.6 Å². The quantitative estimate of drug-likeness (QED) is 0.372. The average molecular weight is 599 g/mol. The molecule has 216 valence electrons. The molecule has 3 heterocycles. The van der Waals surface area contributed by atoms with Crippen molar-refractivity contribution in [3.05, 3.63) is 58.8 Å². The number of nitrogens with zero attached hydrogens (tertiary/aromatic N) is 4. The SMILES string of the molecule is CS(=O)(=O)c1cnc(N2CCC(CC(=O)NC3(c4noc(C5CC5)n4)CC3)CC2)c(NC(=O)c2cccc(Cl)c2)c1. The second-order valence-electron chi connectivity index (χ2n) is 11.3. The van der Waals surface area contributed by atoms with Gasteiger partial charge in [0.25, 0.3) is 5.91 Å². The second kappa shape index (κ2) is 10.7. The number of anilines is 2. The fourth-order valence-corrected chi connectivity index (χ4v) is 5.96.